The van der Waals surface area contributed by atoms with Crippen molar-refractivity contribution in [2.75, 3.05) is 31.5 Å². The molecule has 2 aromatic carbocycles. The van der Waals surface area contributed by atoms with E-state index >= 15 is 0 Å². The molecular weight excluding hydrogens is 557 g/mol. The average molecular weight is 595 g/mol. The van der Waals surface area contributed by atoms with Crippen molar-refractivity contribution in [2.45, 2.75) is 76.5 Å². The van der Waals surface area contributed by atoms with Crippen LogP contribution in [0.3, 0.4) is 0 Å². The van der Waals surface area contributed by atoms with E-state index in [4.69, 9.17) is 11.6 Å². The summed E-state index contributed by atoms with van der Waals surface area (Å²) in [5.41, 5.74) is -2.78. The molecule has 2 aliphatic heterocycles. The summed E-state index contributed by atoms with van der Waals surface area (Å²) in [6.07, 6.45) is -4.10. The summed E-state index contributed by atoms with van der Waals surface area (Å²) in [4.78, 5) is 31.2. The molecule has 2 aromatic rings. The van der Waals surface area contributed by atoms with E-state index in [-0.39, 0.29) is 43.2 Å². The van der Waals surface area contributed by atoms with Crippen molar-refractivity contribution in [1.82, 2.24) is 14.7 Å². The SMILES string of the molecule is CC(C)N(C(=O)c1ccc(NC2CN(C3CCN(C(=O)C(O)(c4ccccc4)C(F)(F)F)CC3)C2)cc1Cl)C(C)C. The predicted octanol–water partition coefficient (Wildman–Crippen LogP) is 5.14. The highest BCUT2D eigenvalue weighted by molar-refractivity contribution is 6.34. The van der Waals surface area contributed by atoms with Gasteiger partial charge in [0.05, 0.1) is 16.6 Å². The maximum atomic E-state index is 13.9. The van der Waals surface area contributed by atoms with Crippen molar-refractivity contribution in [3.05, 3.63) is 64.7 Å². The third kappa shape index (κ3) is 6.34. The molecule has 0 bridgehead atoms. The third-order valence-corrected chi connectivity index (χ3v) is 8.32. The highest BCUT2D eigenvalue weighted by atomic mass is 35.5. The van der Waals surface area contributed by atoms with Crippen LogP contribution in [0.2, 0.25) is 5.02 Å². The number of hydrogen-bond acceptors (Lipinski definition) is 5. The Morgan fingerprint density at radius 2 is 1.59 bits per heavy atom. The molecule has 2 fully saturated rings. The molecule has 1 atom stereocenters. The molecule has 2 N–H and O–H groups in total. The molecule has 1 unspecified atom stereocenters. The van der Waals surface area contributed by atoms with E-state index < -0.39 is 23.2 Å². The molecule has 0 spiro atoms. The van der Waals surface area contributed by atoms with E-state index in [1.807, 2.05) is 33.8 Å². The zero-order chi connectivity index (χ0) is 30.1. The van der Waals surface area contributed by atoms with Gasteiger partial charge in [-0.25, -0.2) is 0 Å². The molecule has 0 saturated carbocycles. The largest absolute Gasteiger partial charge is 0.430 e. The number of anilines is 1. The summed E-state index contributed by atoms with van der Waals surface area (Å²) in [5, 5.41) is 14.4. The Kier molecular flexibility index (Phi) is 9.26. The van der Waals surface area contributed by atoms with Crippen LogP contribution in [-0.4, -0.2) is 88.1 Å². The first-order chi connectivity index (χ1) is 19.2. The molecule has 0 aliphatic carbocycles. The zero-order valence-corrected chi connectivity index (χ0v) is 24.5. The number of likely N-dealkylation sites (tertiary alicyclic amines) is 2. The molecular formula is C30H38ClF3N4O3. The number of nitrogens with zero attached hydrogens (tertiary/aromatic N) is 3. The number of benzene rings is 2. The van der Waals surface area contributed by atoms with E-state index in [1.54, 1.807) is 17.0 Å². The minimum atomic E-state index is -5.14. The first kappa shape index (κ1) is 31.1. The number of piperidine rings is 1. The van der Waals surface area contributed by atoms with E-state index in [1.165, 1.54) is 18.2 Å². The number of carbonyl (C=O) groups is 2. The van der Waals surface area contributed by atoms with Gasteiger partial charge in [0.2, 0.25) is 0 Å². The van der Waals surface area contributed by atoms with Crippen LogP contribution in [-0.2, 0) is 10.4 Å². The van der Waals surface area contributed by atoms with Crippen LogP contribution >= 0.6 is 11.6 Å². The second-order valence-corrected chi connectivity index (χ2v) is 11.9. The first-order valence-electron chi connectivity index (χ1n) is 14.0. The van der Waals surface area contributed by atoms with Crippen molar-refractivity contribution >= 4 is 29.1 Å². The van der Waals surface area contributed by atoms with Crippen molar-refractivity contribution in [2.24, 2.45) is 0 Å². The standard InChI is InChI=1S/C30H38ClF3N4O3/c1-19(2)38(20(3)4)27(39)25-11-10-22(16-26(25)31)35-23-17-37(18-23)24-12-14-36(15-13-24)28(40)29(41,30(32,33)34)21-8-6-5-7-9-21/h5-11,16,19-20,23-24,35,41H,12-15,17-18H2,1-4H3. The maximum Gasteiger partial charge on any atom is 0.430 e. The lowest BCUT2D eigenvalue weighted by Gasteiger charge is -2.48. The second kappa shape index (κ2) is 12.2. The van der Waals surface area contributed by atoms with Gasteiger partial charge in [-0.05, 0) is 58.7 Å². The van der Waals surface area contributed by atoms with Crippen molar-refractivity contribution in [3.8, 4) is 0 Å². The van der Waals surface area contributed by atoms with E-state index in [9.17, 15) is 27.9 Å². The Morgan fingerprint density at radius 1 is 1.00 bits per heavy atom. The fraction of sp³-hybridized carbons (Fsp3) is 0.533. The molecule has 41 heavy (non-hydrogen) atoms. The Morgan fingerprint density at radius 3 is 2.10 bits per heavy atom. The summed E-state index contributed by atoms with van der Waals surface area (Å²) < 4.78 is 41.8. The quantitative estimate of drug-likeness (QED) is 0.443. The van der Waals surface area contributed by atoms with Gasteiger partial charge >= 0.3 is 6.18 Å². The van der Waals surface area contributed by atoms with Gasteiger partial charge in [0.25, 0.3) is 17.4 Å². The van der Waals surface area contributed by atoms with E-state index in [2.05, 4.69) is 10.2 Å². The molecule has 11 heteroatoms. The lowest BCUT2D eigenvalue weighted by molar-refractivity contribution is -0.262. The molecule has 0 aromatic heterocycles. The fourth-order valence-corrected chi connectivity index (χ4v) is 6.13. The number of nitrogens with one attached hydrogen (secondary N) is 1. The summed E-state index contributed by atoms with van der Waals surface area (Å²) in [6.45, 7) is 9.63. The van der Waals surface area contributed by atoms with Crippen LogP contribution in [0.4, 0.5) is 18.9 Å². The summed E-state index contributed by atoms with van der Waals surface area (Å²) in [6, 6.07) is 12.2. The van der Waals surface area contributed by atoms with Gasteiger partial charge < -0.3 is 20.2 Å². The van der Waals surface area contributed by atoms with Gasteiger partial charge in [-0.1, -0.05) is 41.9 Å². The molecule has 0 radical (unpaired) electrons. The molecule has 2 saturated heterocycles. The number of hydrogen-bond donors (Lipinski definition) is 2. The van der Waals surface area contributed by atoms with Crippen LogP contribution in [0.15, 0.2) is 48.5 Å². The predicted molar refractivity (Wildman–Crippen MR) is 153 cm³/mol. The van der Waals surface area contributed by atoms with Gasteiger partial charge in [0.15, 0.2) is 0 Å². The Balaban J connectivity index is 1.30. The Hall–Kier alpha value is -2.82. The van der Waals surface area contributed by atoms with Crippen LogP contribution in [0.25, 0.3) is 0 Å². The van der Waals surface area contributed by atoms with Crippen LogP contribution in [0.1, 0.15) is 56.5 Å². The van der Waals surface area contributed by atoms with Gasteiger partial charge in [-0.15, -0.1) is 0 Å². The number of rotatable bonds is 8. The van der Waals surface area contributed by atoms with Gasteiger partial charge in [-0.2, -0.15) is 13.2 Å². The molecule has 2 aliphatic rings. The normalized spacial score (nSPS) is 18.8. The summed E-state index contributed by atoms with van der Waals surface area (Å²) in [7, 11) is 0. The van der Waals surface area contributed by atoms with Crippen LogP contribution in [0, 0.1) is 0 Å². The number of aliphatic hydroxyl groups is 1. The Bertz CT molecular complexity index is 1220. The first-order valence-corrected chi connectivity index (χ1v) is 14.4. The summed E-state index contributed by atoms with van der Waals surface area (Å²) in [5.74, 6) is -1.44. The van der Waals surface area contributed by atoms with Gasteiger partial charge in [-0.3, -0.25) is 14.5 Å². The number of alkyl halides is 3. The van der Waals surface area contributed by atoms with Crippen LogP contribution < -0.4 is 5.32 Å². The van der Waals surface area contributed by atoms with E-state index in [0.717, 1.165) is 35.8 Å². The van der Waals surface area contributed by atoms with Crippen LogP contribution in [0.5, 0.6) is 0 Å². The molecule has 2 heterocycles. The molecule has 224 valence electrons. The Labute approximate surface area is 244 Å². The zero-order valence-electron chi connectivity index (χ0n) is 23.8. The molecule has 2 amide bonds. The molecule has 7 nitrogen and oxygen atoms in total. The number of carbonyl (C=O) groups excluding carboxylic acids is 2. The van der Waals surface area contributed by atoms with Gasteiger partial charge in [0.1, 0.15) is 0 Å². The monoisotopic (exact) mass is 594 g/mol. The van der Waals surface area contributed by atoms with Crippen molar-refractivity contribution in [1.29, 1.82) is 0 Å². The fourth-order valence-electron chi connectivity index (χ4n) is 5.87. The van der Waals surface area contributed by atoms with Crippen molar-refractivity contribution in [3.63, 3.8) is 0 Å². The molecule has 4 rings (SSSR count). The lowest BCUT2D eigenvalue weighted by atomic mass is 9.89. The summed E-state index contributed by atoms with van der Waals surface area (Å²) >= 11 is 6.49. The second-order valence-electron chi connectivity index (χ2n) is 11.5. The van der Waals surface area contributed by atoms with E-state index in [0.29, 0.717) is 23.4 Å². The minimum Gasteiger partial charge on any atom is -0.380 e. The van der Waals surface area contributed by atoms with Gasteiger partial charge in [0, 0.05) is 55.6 Å². The smallest absolute Gasteiger partial charge is 0.380 e. The average Bonchev–Trinajstić information content (AvgIpc) is 2.89. The highest BCUT2D eigenvalue weighted by Crippen LogP contribution is 2.41. The number of amides is 2. The number of halogens is 4. The van der Waals surface area contributed by atoms with Crippen molar-refractivity contribution < 1.29 is 27.9 Å². The topological polar surface area (TPSA) is 76.1 Å². The third-order valence-electron chi connectivity index (χ3n) is 8.01. The minimum absolute atomic E-state index is 0.0435. The highest BCUT2D eigenvalue weighted by Gasteiger charge is 2.62. The maximum absolute atomic E-state index is 13.9. The lowest BCUT2D eigenvalue weighted by Crippen LogP contribution is -2.62.